The first-order chi connectivity index (χ1) is 9.19. The molecule has 1 amide bonds. The van der Waals surface area contributed by atoms with Gasteiger partial charge in [0.1, 0.15) is 0 Å². The molecule has 1 fully saturated rings. The third kappa shape index (κ3) is 4.06. The standard InChI is InChI=1S/C16H24N2O/c1-3-14-8-4-5-9-15(14)17-16(19)12-18-10-6-7-13(2)11-18/h4-5,8-9,13H,3,6-7,10-12H2,1-2H3,(H,17,19). The summed E-state index contributed by atoms with van der Waals surface area (Å²) in [7, 11) is 0. The Morgan fingerprint density at radius 3 is 2.95 bits per heavy atom. The molecule has 0 radical (unpaired) electrons. The number of amides is 1. The molecule has 1 heterocycles. The highest BCUT2D eigenvalue weighted by atomic mass is 16.2. The van der Waals surface area contributed by atoms with Gasteiger partial charge in [-0.2, -0.15) is 0 Å². The van der Waals surface area contributed by atoms with Crippen LogP contribution in [0.25, 0.3) is 0 Å². The van der Waals surface area contributed by atoms with Gasteiger partial charge < -0.3 is 5.32 Å². The van der Waals surface area contributed by atoms with E-state index >= 15 is 0 Å². The number of rotatable bonds is 4. The maximum Gasteiger partial charge on any atom is 0.238 e. The first-order valence-corrected chi connectivity index (χ1v) is 7.29. The van der Waals surface area contributed by atoms with Crippen LogP contribution in [0.15, 0.2) is 24.3 Å². The summed E-state index contributed by atoms with van der Waals surface area (Å²) in [5.74, 6) is 0.819. The van der Waals surface area contributed by atoms with Crippen molar-refractivity contribution in [3.05, 3.63) is 29.8 Å². The topological polar surface area (TPSA) is 32.3 Å². The molecular weight excluding hydrogens is 236 g/mol. The van der Waals surface area contributed by atoms with Crippen molar-refractivity contribution in [3.63, 3.8) is 0 Å². The van der Waals surface area contributed by atoms with E-state index in [9.17, 15) is 4.79 Å². The summed E-state index contributed by atoms with van der Waals surface area (Å²) in [5, 5.41) is 3.04. The average Bonchev–Trinajstić information content (AvgIpc) is 2.39. The molecule has 0 saturated carbocycles. The molecule has 2 rings (SSSR count). The molecule has 3 nitrogen and oxygen atoms in total. The summed E-state index contributed by atoms with van der Waals surface area (Å²) >= 11 is 0. The highest BCUT2D eigenvalue weighted by Crippen LogP contribution is 2.17. The number of para-hydroxylation sites is 1. The van der Waals surface area contributed by atoms with Crippen molar-refractivity contribution in [2.75, 3.05) is 25.0 Å². The van der Waals surface area contributed by atoms with Crippen molar-refractivity contribution in [2.24, 2.45) is 5.92 Å². The number of hydrogen-bond acceptors (Lipinski definition) is 2. The minimum absolute atomic E-state index is 0.106. The van der Waals surface area contributed by atoms with Gasteiger partial charge >= 0.3 is 0 Å². The Kier molecular flexibility index (Phi) is 4.97. The van der Waals surface area contributed by atoms with Crippen molar-refractivity contribution >= 4 is 11.6 Å². The van der Waals surface area contributed by atoms with Crippen molar-refractivity contribution in [1.82, 2.24) is 4.90 Å². The normalized spacial score (nSPS) is 20.2. The molecule has 3 heteroatoms. The maximum atomic E-state index is 12.1. The summed E-state index contributed by atoms with van der Waals surface area (Å²) in [5.41, 5.74) is 2.16. The van der Waals surface area contributed by atoms with Gasteiger partial charge in [-0.3, -0.25) is 9.69 Å². The quantitative estimate of drug-likeness (QED) is 0.902. The Morgan fingerprint density at radius 1 is 1.42 bits per heavy atom. The van der Waals surface area contributed by atoms with E-state index in [0.717, 1.165) is 25.2 Å². The molecule has 0 aromatic heterocycles. The predicted octanol–water partition coefficient (Wildman–Crippen LogP) is 2.92. The number of nitrogens with zero attached hydrogens (tertiary/aromatic N) is 1. The number of hydrogen-bond donors (Lipinski definition) is 1. The maximum absolute atomic E-state index is 12.1. The second-order valence-electron chi connectivity index (χ2n) is 5.54. The van der Waals surface area contributed by atoms with Crippen molar-refractivity contribution in [3.8, 4) is 0 Å². The number of piperidine rings is 1. The number of benzene rings is 1. The lowest BCUT2D eigenvalue weighted by atomic mass is 10.0. The van der Waals surface area contributed by atoms with E-state index < -0.39 is 0 Å². The number of carbonyl (C=O) groups excluding carboxylic acids is 1. The fourth-order valence-corrected chi connectivity index (χ4v) is 2.77. The molecule has 1 aliphatic heterocycles. The van der Waals surface area contributed by atoms with Crippen LogP contribution in [0.2, 0.25) is 0 Å². The molecule has 1 aliphatic rings. The van der Waals surface area contributed by atoms with Crippen molar-refractivity contribution in [1.29, 1.82) is 0 Å². The minimum atomic E-state index is 0.106. The molecule has 1 aromatic carbocycles. The Bertz CT molecular complexity index is 431. The first kappa shape index (κ1) is 14.1. The minimum Gasteiger partial charge on any atom is -0.325 e. The highest BCUT2D eigenvalue weighted by Gasteiger charge is 2.18. The second-order valence-corrected chi connectivity index (χ2v) is 5.54. The molecule has 0 aliphatic carbocycles. The smallest absolute Gasteiger partial charge is 0.238 e. The number of carbonyl (C=O) groups is 1. The Morgan fingerprint density at radius 2 is 2.21 bits per heavy atom. The molecule has 0 spiro atoms. The van der Waals surface area contributed by atoms with Crippen LogP contribution in [-0.2, 0) is 11.2 Å². The van der Waals surface area contributed by atoms with Gasteiger partial charge in [0.2, 0.25) is 5.91 Å². The van der Waals surface area contributed by atoms with Gasteiger partial charge in [-0.1, -0.05) is 32.0 Å². The predicted molar refractivity (Wildman–Crippen MR) is 79.3 cm³/mol. The molecule has 1 saturated heterocycles. The molecule has 1 N–H and O–H groups in total. The van der Waals surface area contributed by atoms with E-state index in [2.05, 4.69) is 30.1 Å². The zero-order valence-corrected chi connectivity index (χ0v) is 12.0. The van der Waals surface area contributed by atoms with Crippen LogP contribution in [-0.4, -0.2) is 30.4 Å². The van der Waals surface area contributed by atoms with Gasteiger partial charge in [-0.05, 0) is 43.4 Å². The summed E-state index contributed by atoms with van der Waals surface area (Å²) in [6, 6.07) is 8.03. The van der Waals surface area contributed by atoms with Gasteiger partial charge in [-0.25, -0.2) is 0 Å². The van der Waals surface area contributed by atoms with Crippen molar-refractivity contribution in [2.45, 2.75) is 33.1 Å². The highest BCUT2D eigenvalue weighted by molar-refractivity contribution is 5.93. The van der Waals surface area contributed by atoms with E-state index in [1.807, 2.05) is 18.2 Å². The van der Waals surface area contributed by atoms with E-state index in [-0.39, 0.29) is 5.91 Å². The fraction of sp³-hybridized carbons (Fsp3) is 0.562. The largest absolute Gasteiger partial charge is 0.325 e. The Hall–Kier alpha value is -1.35. The molecular formula is C16H24N2O. The van der Waals surface area contributed by atoms with Gasteiger partial charge in [0.05, 0.1) is 6.54 Å². The van der Waals surface area contributed by atoms with Gasteiger partial charge in [0.25, 0.3) is 0 Å². The lowest BCUT2D eigenvalue weighted by Crippen LogP contribution is -2.39. The summed E-state index contributed by atoms with van der Waals surface area (Å²) in [6.45, 7) is 6.98. The van der Waals surface area contributed by atoms with Crippen LogP contribution in [0.1, 0.15) is 32.3 Å². The number of nitrogens with one attached hydrogen (secondary N) is 1. The second kappa shape index (κ2) is 6.71. The summed E-state index contributed by atoms with van der Waals surface area (Å²) in [4.78, 5) is 14.4. The zero-order chi connectivity index (χ0) is 13.7. The van der Waals surface area contributed by atoms with Crippen LogP contribution < -0.4 is 5.32 Å². The SMILES string of the molecule is CCc1ccccc1NC(=O)CN1CCCC(C)C1. The molecule has 104 valence electrons. The lowest BCUT2D eigenvalue weighted by molar-refractivity contribution is -0.117. The Balaban J connectivity index is 1.90. The third-order valence-corrected chi connectivity index (χ3v) is 3.78. The average molecular weight is 260 g/mol. The van der Waals surface area contributed by atoms with E-state index in [1.54, 1.807) is 0 Å². The van der Waals surface area contributed by atoms with Crippen LogP contribution in [0.3, 0.4) is 0 Å². The monoisotopic (exact) mass is 260 g/mol. The van der Waals surface area contributed by atoms with E-state index in [0.29, 0.717) is 12.5 Å². The lowest BCUT2D eigenvalue weighted by Gasteiger charge is -2.30. The third-order valence-electron chi connectivity index (χ3n) is 3.78. The van der Waals surface area contributed by atoms with Crippen LogP contribution in [0, 0.1) is 5.92 Å². The van der Waals surface area contributed by atoms with Gasteiger partial charge in [0, 0.05) is 12.2 Å². The first-order valence-electron chi connectivity index (χ1n) is 7.29. The van der Waals surface area contributed by atoms with Crippen LogP contribution in [0.5, 0.6) is 0 Å². The zero-order valence-electron chi connectivity index (χ0n) is 12.0. The van der Waals surface area contributed by atoms with Crippen molar-refractivity contribution < 1.29 is 4.79 Å². The van der Waals surface area contributed by atoms with Gasteiger partial charge in [-0.15, -0.1) is 0 Å². The molecule has 1 unspecified atom stereocenters. The molecule has 19 heavy (non-hydrogen) atoms. The van der Waals surface area contributed by atoms with Crippen LogP contribution in [0.4, 0.5) is 5.69 Å². The van der Waals surface area contributed by atoms with Gasteiger partial charge in [0.15, 0.2) is 0 Å². The number of anilines is 1. The number of aryl methyl sites for hydroxylation is 1. The Labute approximate surface area is 116 Å². The molecule has 0 bridgehead atoms. The summed E-state index contributed by atoms with van der Waals surface area (Å²) in [6.07, 6.45) is 3.44. The van der Waals surface area contributed by atoms with Crippen LogP contribution >= 0.6 is 0 Å². The number of likely N-dealkylation sites (tertiary alicyclic amines) is 1. The van der Waals surface area contributed by atoms with E-state index in [4.69, 9.17) is 0 Å². The summed E-state index contributed by atoms with van der Waals surface area (Å²) < 4.78 is 0. The van der Waals surface area contributed by atoms with E-state index in [1.165, 1.54) is 18.4 Å². The molecule has 1 atom stereocenters. The fourth-order valence-electron chi connectivity index (χ4n) is 2.77. The molecule has 1 aromatic rings.